The Kier molecular flexibility index (Phi) is 7.72. The Balaban J connectivity index is 1.76. The van der Waals surface area contributed by atoms with Crippen molar-refractivity contribution in [2.75, 3.05) is 13.2 Å². The van der Waals surface area contributed by atoms with Crippen LogP contribution < -0.4 is 9.47 Å². The number of alkyl halides is 3. The highest BCUT2D eigenvalue weighted by Gasteiger charge is 2.29. The van der Waals surface area contributed by atoms with Gasteiger partial charge in [-0.15, -0.1) is 0 Å². The van der Waals surface area contributed by atoms with Crippen molar-refractivity contribution in [2.45, 2.75) is 38.8 Å². The summed E-state index contributed by atoms with van der Waals surface area (Å²) >= 11 is 0. The van der Waals surface area contributed by atoms with Gasteiger partial charge in [0.25, 0.3) is 0 Å². The molecule has 0 saturated carbocycles. The van der Waals surface area contributed by atoms with Crippen LogP contribution in [-0.4, -0.2) is 24.3 Å². The molecule has 2 aromatic rings. The van der Waals surface area contributed by atoms with E-state index in [-0.39, 0.29) is 6.42 Å². The van der Waals surface area contributed by atoms with Gasteiger partial charge in [-0.2, -0.15) is 13.2 Å². The fourth-order valence-electron chi connectivity index (χ4n) is 2.69. The fraction of sp³-hybridized carbons (Fsp3) is 0.381. The first-order valence-corrected chi connectivity index (χ1v) is 9.06. The molecular formula is C21H23F3O4. The third-order valence-corrected chi connectivity index (χ3v) is 4.17. The van der Waals surface area contributed by atoms with Crippen molar-refractivity contribution in [3.05, 3.63) is 59.2 Å². The Bertz CT molecular complexity index is 770. The second-order valence-electron chi connectivity index (χ2n) is 6.25. The Morgan fingerprint density at radius 1 is 0.964 bits per heavy atom. The molecule has 0 unspecified atom stereocenters. The minimum Gasteiger partial charge on any atom is -0.493 e. The highest BCUT2D eigenvalue weighted by molar-refractivity contribution is 5.67. The van der Waals surface area contributed by atoms with E-state index in [4.69, 9.17) is 14.6 Å². The Morgan fingerprint density at radius 2 is 1.57 bits per heavy atom. The summed E-state index contributed by atoms with van der Waals surface area (Å²) in [7, 11) is 0. The van der Waals surface area contributed by atoms with Gasteiger partial charge in [0.1, 0.15) is 11.5 Å². The maximum atomic E-state index is 12.5. The molecule has 0 saturated heterocycles. The first-order valence-electron chi connectivity index (χ1n) is 9.06. The lowest BCUT2D eigenvalue weighted by Crippen LogP contribution is -2.07. The van der Waals surface area contributed by atoms with Crippen LogP contribution in [-0.2, 0) is 23.8 Å². The normalized spacial score (nSPS) is 11.3. The van der Waals surface area contributed by atoms with E-state index in [1.807, 2.05) is 25.1 Å². The van der Waals surface area contributed by atoms with Crippen molar-refractivity contribution in [1.29, 1.82) is 0 Å². The summed E-state index contributed by atoms with van der Waals surface area (Å²) in [5, 5.41) is 8.80. The van der Waals surface area contributed by atoms with Crippen LogP contribution in [0, 0.1) is 0 Å². The molecule has 28 heavy (non-hydrogen) atoms. The molecule has 0 atom stereocenters. The molecule has 0 spiro atoms. The summed E-state index contributed by atoms with van der Waals surface area (Å²) in [5.74, 6) is 0.255. The molecule has 0 heterocycles. The maximum Gasteiger partial charge on any atom is 0.416 e. The lowest BCUT2D eigenvalue weighted by molar-refractivity contribution is -0.138. The van der Waals surface area contributed by atoms with Crippen molar-refractivity contribution in [3.63, 3.8) is 0 Å². The van der Waals surface area contributed by atoms with Crippen LogP contribution in [0.4, 0.5) is 13.2 Å². The van der Waals surface area contributed by atoms with E-state index in [0.29, 0.717) is 37.6 Å². The largest absolute Gasteiger partial charge is 0.493 e. The number of hydrogen-bond acceptors (Lipinski definition) is 3. The predicted octanol–water partition coefficient (Wildman–Crippen LogP) is 5.13. The molecule has 0 aliphatic rings. The maximum absolute atomic E-state index is 12.5. The van der Waals surface area contributed by atoms with Gasteiger partial charge in [0.2, 0.25) is 0 Å². The summed E-state index contributed by atoms with van der Waals surface area (Å²) < 4.78 is 48.6. The topological polar surface area (TPSA) is 55.8 Å². The summed E-state index contributed by atoms with van der Waals surface area (Å²) in [6.45, 7) is 2.72. The van der Waals surface area contributed by atoms with Gasteiger partial charge in [-0.25, -0.2) is 0 Å². The van der Waals surface area contributed by atoms with Gasteiger partial charge in [-0.05, 0) is 60.4 Å². The van der Waals surface area contributed by atoms with Crippen LogP contribution in [0.5, 0.6) is 11.5 Å². The van der Waals surface area contributed by atoms with Crippen LogP contribution >= 0.6 is 0 Å². The van der Waals surface area contributed by atoms with Gasteiger partial charge in [-0.3, -0.25) is 4.79 Å². The number of aryl methyl sites for hydroxylation is 2. The highest BCUT2D eigenvalue weighted by Crippen LogP contribution is 2.30. The molecule has 7 heteroatoms. The fourth-order valence-corrected chi connectivity index (χ4v) is 2.69. The van der Waals surface area contributed by atoms with Gasteiger partial charge in [0.05, 0.1) is 18.8 Å². The molecule has 0 fully saturated rings. The smallest absolute Gasteiger partial charge is 0.416 e. The number of benzene rings is 2. The summed E-state index contributed by atoms with van der Waals surface area (Å²) in [6, 6.07) is 10.2. The average molecular weight is 396 g/mol. The van der Waals surface area contributed by atoms with Crippen molar-refractivity contribution in [1.82, 2.24) is 0 Å². The lowest BCUT2D eigenvalue weighted by atomic mass is 10.0. The molecule has 2 aromatic carbocycles. The second kappa shape index (κ2) is 10.0. The van der Waals surface area contributed by atoms with Crippen LogP contribution in [0.25, 0.3) is 0 Å². The average Bonchev–Trinajstić information content (AvgIpc) is 2.66. The summed E-state index contributed by atoms with van der Waals surface area (Å²) in [5.41, 5.74) is 1.35. The Labute approximate surface area is 161 Å². The van der Waals surface area contributed by atoms with Crippen molar-refractivity contribution < 1.29 is 32.5 Å². The lowest BCUT2D eigenvalue weighted by Gasteiger charge is -2.12. The molecule has 0 radical (unpaired) electrons. The second-order valence-corrected chi connectivity index (χ2v) is 6.25. The standard InChI is InChI=1S/C21H23F3O4/c1-2-15-14-19(8-4-16(15)5-11-20(25)26)28-13-3-12-27-18-9-6-17(7-10-18)21(22,23)24/h4,6-10,14H,2-3,5,11-13H2,1H3,(H,25,26). The van der Waals surface area contributed by atoms with E-state index >= 15 is 0 Å². The monoisotopic (exact) mass is 396 g/mol. The first kappa shape index (κ1) is 21.6. The summed E-state index contributed by atoms with van der Waals surface area (Å²) in [6.07, 6.45) is -2.42. The van der Waals surface area contributed by atoms with E-state index in [1.165, 1.54) is 12.1 Å². The van der Waals surface area contributed by atoms with E-state index in [2.05, 4.69) is 0 Å². The van der Waals surface area contributed by atoms with E-state index in [9.17, 15) is 18.0 Å². The molecule has 152 valence electrons. The van der Waals surface area contributed by atoms with Gasteiger partial charge < -0.3 is 14.6 Å². The van der Waals surface area contributed by atoms with Crippen molar-refractivity contribution in [3.8, 4) is 11.5 Å². The molecule has 0 bridgehead atoms. The highest BCUT2D eigenvalue weighted by atomic mass is 19.4. The number of carbonyl (C=O) groups is 1. The number of ether oxygens (including phenoxy) is 2. The minimum atomic E-state index is -4.35. The number of hydrogen-bond donors (Lipinski definition) is 1. The van der Waals surface area contributed by atoms with E-state index in [0.717, 1.165) is 29.7 Å². The number of aliphatic carboxylic acids is 1. The number of carboxylic acid groups (broad SMARTS) is 1. The number of halogens is 3. The zero-order chi connectivity index (χ0) is 20.6. The third kappa shape index (κ3) is 6.79. The molecule has 0 aromatic heterocycles. The van der Waals surface area contributed by atoms with Crippen LogP contribution in [0.15, 0.2) is 42.5 Å². The molecule has 0 aliphatic carbocycles. The van der Waals surface area contributed by atoms with Gasteiger partial charge in [-0.1, -0.05) is 13.0 Å². The SMILES string of the molecule is CCc1cc(OCCCOc2ccc(C(F)(F)F)cc2)ccc1CCC(=O)O. The van der Waals surface area contributed by atoms with Crippen LogP contribution in [0.3, 0.4) is 0 Å². The zero-order valence-electron chi connectivity index (χ0n) is 15.6. The Morgan fingerprint density at radius 3 is 2.14 bits per heavy atom. The Hall–Kier alpha value is -2.70. The predicted molar refractivity (Wildman–Crippen MR) is 98.8 cm³/mol. The molecule has 0 aliphatic heterocycles. The van der Waals surface area contributed by atoms with Crippen LogP contribution in [0.2, 0.25) is 0 Å². The van der Waals surface area contributed by atoms with Crippen LogP contribution in [0.1, 0.15) is 36.5 Å². The van der Waals surface area contributed by atoms with E-state index in [1.54, 1.807) is 0 Å². The van der Waals surface area contributed by atoms with Gasteiger partial charge >= 0.3 is 12.1 Å². The quantitative estimate of drug-likeness (QED) is 0.566. The number of carboxylic acids is 1. The van der Waals surface area contributed by atoms with Gasteiger partial charge in [0, 0.05) is 12.8 Å². The molecule has 1 N–H and O–H groups in total. The number of rotatable bonds is 10. The van der Waals surface area contributed by atoms with E-state index < -0.39 is 17.7 Å². The third-order valence-electron chi connectivity index (χ3n) is 4.17. The van der Waals surface area contributed by atoms with Crippen molar-refractivity contribution in [2.24, 2.45) is 0 Å². The van der Waals surface area contributed by atoms with Crippen molar-refractivity contribution >= 4 is 5.97 Å². The molecule has 0 amide bonds. The molecule has 2 rings (SSSR count). The zero-order valence-corrected chi connectivity index (χ0v) is 15.6. The molecular weight excluding hydrogens is 373 g/mol. The molecule has 4 nitrogen and oxygen atoms in total. The van der Waals surface area contributed by atoms with Gasteiger partial charge in [0.15, 0.2) is 0 Å². The minimum absolute atomic E-state index is 0.0918. The summed E-state index contributed by atoms with van der Waals surface area (Å²) in [4.78, 5) is 10.7. The first-order chi connectivity index (χ1) is 13.3.